The van der Waals surface area contributed by atoms with Gasteiger partial charge in [0.1, 0.15) is 11.5 Å². The van der Waals surface area contributed by atoms with Gasteiger partial charge < -0.3 is 10.1 Å². The van der Waals surface area contributed by atoms with Crippen LogP contribution in [-0.4, -0.2) is 27.7 Å². The Kier molecular flexibility index (Phi) is 6.32. The van der Waals surface area contributed by atoms with Crippen LogP contribution in [0.5, 0.6) is 0 Å². The first kappa shape index (κ1) is 22.1. The lowest BCUT2D eigenvalue weighted by Crippen LogP contribution is -2.26. The summed E-state index contributed by atoms with van der Waals surface area (Å²) in [6.07, 6.45) is 2.91. The van der Waals surface area contributed by atoms with Crippen LogP contribution < -0.4 is 10.5 Å². The highest BCUT2D eigenvalue weighted by Crippen LogP contribution is 2.44. The number of carbonyl (C=O) groups excluding carboxylic acids is 1. The number of hydrogen-bond acceptors (Lipinski definition) is 4. The summed E-state index contributed by atoms with van der Waals surface area (Å²) in [7, 11) is -3.87. The van der Waals surface area contributed by atoms with Gasteiger partial charge in [0.05, 0.1) is 5.02 Å². The number of hydrogen-bond donors (Lipinski definition) is 2. The monoisotopic (exact) mass is 468 g/mol. The highest BCUT2D eigenvalue weighted by Gasteiger charge is 2.28. The zero-order valence-corrected chi connectivity index (χ0v) is 18.6. The summed E-state index contributed by atoms with van der Waals surface area (Å²) in [5, 5.41) is 7.82. The first-order chi connectivity index (χ1) is 15.3. The van der Waals surface area contributed by atoms with Gasteiger partial charge in [-0.25, -0.2) is 18.4 Å². The second kappa shape index (κ2) is 9.16. The number of nitrogens with one attached hydrogen (secondary N) is 1. The molecule has 1 aliphatic rings. The van der Waals surface area contributed by atoms with Crippen molar-refractivity contribution < 1.29 is 17.9 Å². The molecule has 3 N–H and O–H groups in total. The number of benzene rings is 3. The van der Waals surface area contributed by atoms with Gasteiger partial charge in [-0.3, -0.25) is 0 Å². The highest BCUT2D eigenvalue weighted by molar-refractivity contribution is 7.89. The molecule has 1 aliphatic carbocycles. The number of fused-ring (bicyclic) bond motifs is 3. The zero-order valence-electron chi connectivity index (χ0n) is 17.0. The molecule has 0 fully saturated rings. The van der Waals surface area contributed by atoms with Gasteiger partial charge in [-0.15, -0.1) is 0 Å². The fourth-order valence-electron chi connectivity index (χ4n) is 3.84. The van der Waals surface area contributed by atoms with Crippen molar-refractivity contribution in [3.8, 4) is 11.1 Å². The van der Waals surface area contributed by atoms with Crippen LogP contribution in [0.1, 0.15) is 22.6 Å². The number of sulfonamides is 1. The van der Waals surface area contributed by atoms with E-state index in [1.54, 1.807) is 18.2 Å². The number of nitrogens with two attached hydrogens (primary N) is 1. The van der Waals surface area contributed by atoms with E-state index in [9.17, 15) is 13.2 Å². The Morgan fingerprint density at radius 3 is 2.25 bits per heavy atom. The Hall–Kier alpha value is -3.13. The predicted octanol–water partition coefficient (Wildman–Crippen LogP) is 4.54. The lowest BCUT2D eigenvalue weighted by atomic mass is 9.98. The van der Waals surface area contributed by atoms with Crippen molar-refractivity contribution in [1.82, 2.24) is 5.32 Å². The van der Waals surface area contributed by atoms with E-state index in [1.807, 2.05) is 24.3 Å². The van der Waals surface area contributed by atoms with Crippen molar-refractivity contribution in [2.45, 2.75) is 10.8 Å². The van der Waals surface area contributed by atoms with Crippen molar-refractivity contribution in [2.75, 3.05) is 13.2 Å². The molecule has 1 amide bonds. The van der Waals surface area contributed by atoms with Gasteiger partial charge in [0, 0.05) is 12.5 Å². The van der Waals surface area contributed by atoms with E-state index in [2.05, 4.69) is 29.6 Å². The Morgan fingerprint density at radius 2 is 1.66 bits per heavy atom. The molecule has 164 valence electrons. The minimum absolute atomic E-state index is 0.00294. The summed E-state index contributed by atoms with van der Waals surface area (Å²) in [6.45, 7) is 0.486. The lowest BCUT2D eigenvalue weighted by Gasteiger charge is -2.14. The Morgan fingerprint density at radius 1 is 1.03 bits per heavy atom. The molecule has 0 aliphatic heterocycles. The van der Waals surface area contributed by atoms with Crippen molar-refractivity contribution in [3.63, 3.8) is 0 Å². The second-order valence-electron chi connectivity index (χ2n) is 7.34. The summed E-state index contributed by atoms with van der Waals surface area (Å²) in [6, 6.07) is 20.7. The quantitative estimate of drug-likeness (QED) is 0.554. The third kappa shape index (κ3) is 4.70. The van der Waals surface area contributed by atoms with E-state index in [4.69, 9.17) is 21.5 Å². The average molecular weight is 469 g/mol. The van der Waals surface area contributed by atoms with E-state index in [0.29, 0.717) is 5.56 Å². The summed E-state index contributed by atoms with van der Waals surface area (Å²) in [5.41, 5.74) is 5.33. The van der Waals surface area contributed by atoms with Crippen LogP contribution >= 0.6 is 11.6 Å². The lowest BCUT2D eigenvalue weighted by molar-refractivity contribution is 0.144. The van der Waals surface area contributed by atoms with Crippen LogP contribution in [0.25, 0.3) is 17.2 Å². The first-order valence-corrected chi connectivity index (χ1v) is 11.8. The molecule has 8 heteroatoms. The fraction of sp³-hybridized carbons (Fsp3) is 0.125. The van der Waals surface area contributed by atoms with Crippen LogP contribution in [0.15, 0.2) is 77.7 Å². The minimum Gasteiger partial charge on any atom is -0.449 e. The molecule has 0 bridgehead atoms. The fourth-order valence-corrected chi connectivity index (χ4v) is 4.94. The number of alkyl carbamates (subject to hydrolysis) is 1. The molecule has 3 aromatic rings. The van der Waals surface area contributed by atoms with Gasteiger partial charge in [-0.1, -0.05) is 78.4 Å². The van der Waals surface area contributed by atoms with Crippen molar-refractivity contribution in [3.05, 3.63) is 94.5 Å². The first-order valence-electron chi connectivity index (χ1n) is 9.92. The van der Waals surface area contributed by atoms with Gasteiger partial charge in [-0.05, 0) is 39.9 Å². The average Bonchev–Trinajstić information content (AvgIpc) is 3.08. The van der Waals surface area contributed by atoms with Crippen LogP contribution in [0, 0.1) is 0 Å². The van der Waals surface area contributed by atoms with Crippen molar-refractivity contribution in [2.24, 2.45) is 5.14 Å². The van der Waals surface area contributed by atoms with E-state index in [1.165, 1.54) is 23.3 Å². The van der Waals surface area contributed by atoms with Crippen LogP contribution in [0.4, 0.5) is 4.79 Å². The number of rotatable bonds is 6. The molecular formula is C24H21ClN2O4S. The van der Waals surface area contributed by atoms with Gasteiger partial charge in [-0.2, -0.15) is 0 Å². The summed E-state index contributed by atoms with van der Waals surface area (Å²) in [5.74, 6) is 0.00294. The van der Waals surface area contributed by atoms with Gasteiger partial charge >= 0.3 is 6.09 Å². The predicted molar refractivity (Wildman–Crippen MR) is 125 cm³/mol. The molecule has 0 unspecified atom stereocenters. The molecule has 0 saturated heterocycles. The largest absolute Gasteiger partial charge is 0.449 e. The second-order valence-corrected chi connectivity index (χ2v) is 9.28. The van der Waals surface area contributed by atoms with Crippen LogP contribution in [0.2, 0.25) is 5.02 Å². The summed E-state index contributed by atoms with van der Waals surface area (Å²) in [4.78, 5) is 12.0. The van der Waals surface area contributed by atoms with Gasteiger partial charge in [0.2, 0.25) is 10.0 Å². The molecule has 0 atom stereocenters. The zero-order chi connectivity index (χ0) is 22.7. The molecule has 0 aromatic heterocycles. The van der Waals surface area contributed by atoms with E-state index in [-0.39, 0.29) is 29.0 Å². The number of amides is 1. The number of primary sulfonamides is 1. The summed E-state index contributed by atoms with van der Waals surface area (Å²) >= 11 is 5.97. The molecule has 0 spiro atoms. The Bertz CT molecular complexity index is 1260. The molecular weight excluding hydrogens is 448 g/mol. The smallest absolute Gasteiger partial charge is 0.407 e. The van der Waals surface area contributed by atoms with Crippen molar-refractivity contribution >= 4 is 33.8 Å². The van der Waals surface area contributed by atoms with Crippen molar-refractivity contribution in [1.29, 1.82) is 0 Å². The third-order valence-electron chi connectivity index (χ3n) is 5.28. The molecule has 0 saturated carbocycles. The molecule has 0 radical (unpaired) electrons. The highest BCUT2D eigenvalue weighted by atomic mass is 35.5. The molecule has 6 nitrogen and oxygen atoms in total. The molecule has 0 heterocycles. The minimum atomic E-state index is -3.87. The Balaban J connectivity index is 1.32. The third-order valence-corrected chi connectivity index (χ3v) is 6.67. The SMILES string of the molecule is NS(=O)(=O)c1ccc(C=CCNC(=O)OCC2c3ccccc3-c3ccccc32)cc1Cl. The maximum absolute atomic E-state index is 12.2. The Labute approximate surface area is 191 Å². The topological polar surface area (TPSA) is 98.5 Å². The number of carbonyl (C=O) groups is 1. The maximum atomic E-state index is 12.2. The maximum Gasteiger partial charge on any atom is 0.407 e. The normalized spacial score (nSPS) is 13.1. The number of ether oxygens (including phenoxy) is 1. The molecule has 32 heavy (non-hydrogen) atoms. The van der Waals surface area contributed by atoms with E-state index >= 15 is 0 Å². The van der Waals surface area contributed by atoms with Gasteiger partial charge in [0.25, 0.3) is 0 Å². The van der Waals surface area contributed by atoms with E-state index in [0.717, 1.165) is 11.1 Å². The molecule has 4 rings (SSSR count). The van der Waals surface area contributed by atoms with E-state index < -0.39 is 16.1 Å². The number of halogens is 1. The van der Waals surface area contributed by atoms with Crippen LogP contribution in [0.3, 0.4) is 0 Å². The summed E-state index contributed by atoms with van der Waals surface area (Å²) < 4.78 is 28.3. The standard InChI is InChI=1S/C24H21ClN2O4S/c25-22-14-16(11-12-23(22)32(26,29)30)6-5-13-27-24(28)31-15-21-19-9-3-1-7-17(19)18-8-2-4-10-20(18)21/h1-12,14,21H,13,15H2,(H,27,28)(H2,26,29,30). The van der Waals surface area contributed by atoms with Gasteiger partial charge in [0.15, 0.2) is 0 Å². The molecule has 3 aromatic carbocycles. The van der Waals surface area contributed by atoms with Crippen LogP contribution in [-0.2, 0) is 14.8 Å².